The molecule has 53 heavy (non-hydrogen) atoms. The van der Waals surface area contributed by atoms with Gasteiger partial charge in [-0.05, 0) is 103 Å². The lowest BCUT2D eigenvalue weighted by Gasteiger charge is -2.19. The third-order valence-electron chi connectivity index (χ3n) is 10.8. The van der Waals surface area contributed by atoms with E-state index >= 15 is 0 Å². The molecule has 248 valence electrons. The molecule has 0 unspecified atom stereocenters. The van der Waals surface area contributed by atoms with Crippen LogP contribution in [0.5, 0.6) is 0 Å². The number of thiophene rings is 1. The van der Waals surface area contributed by atoms with Crippen LogP contribution in [0.2, 0.25) is 0 Å². The Morgan fingerprint density at radius 3 is 1.38 bits per heavy atom. The van der Waals surface area contributed by atoms with E-state index < -0.39 is 0 Å². The Kier molecular flexibility index (Phi) is 6.76. The fourth-order valence-corrected chi connectivity index (χ4v) is 9.62. The molecule has 0 saturated heterocycles. The molecule has 2 nitrogen and oxygen atoms in total. The lowest BCUT2D eigenvalue weighted by atomic mass is 9.92. The average molecular weight is 693 g/mol. The van der Waals surface area contributed by atoms with E-state index in [9.17, 15) is 0 Å². The Balaban J connectivity index is 1.35. The predicted molar refractivity (Wildman–Crippen MR) is 229 cm³/mol. The van der Waals surface area contributed by atoms with Gasteiger partial charge in [0.15, 0.2) is 0 Å². The van der Waals surface area contributed by atoms with Crippen LogP contribution >= 0.6 is 11.3 Å². The number of aromatic nitrogens is 2. The standard InChI is InChI=1S/C50H32N2S/c1-3-14-34(15-4-1)51-28-29-52(35-16-5-2-6-17-35)48-32-46-44-30-33(36-23-13-24-43-42-22-11-12-25-49(42)53-50(36)43)26-27-41(44)39-20-8-7-18-37(39)38-19-9-10-21-40(38)45(46)31-47(48)51/h1-32H. The van der Waals surface area contributed by atoms with Crippen molar-refractivity contribution in [3.8, 4) is 22.5 Å². The summed E-state index contributed by atoms with van der Waals surface area (Å²) in [6, 6.07) is 66.7. The summed E-state index contributed by atoms with van der Waals surface area (Å²) in [4.78, 5) is 0. The van der Waals surface area contributed by atoms with E-state index in [0.717, 1.165) is 22.4 Å². The molecule has 0 saturated carbocycles. The van der Waals surface area contributed by atoms with Crippen molar-refractivity contribution in [1.29, 1.82) is 0 Å². The summed E-state index contributed by atoms with van der Waals surface area (Å²) >= 11 is 1.89. The molecule has 0 atom stereocenters. The molecule has 0 aliphatic heterocycles. The fraction of sp³-hybridized carbons (Fsp3) is 0. The molecule has 0 spiro atoms. The van der Waals surface area contributed by atoms with Crippen LogP contribution in [0.4, 0.5) is 0 Å². The van der Waals surface area contributed by atoms with Crippen LogP contribution in [0.1, 0.15) is 0 Å². The Hall–Kier alpha value is -6.68. The highest BCUT2D eigenvalue weighted by Crippen LogP contribution is 2.43. The van der Waals surface area contributed by atoms with E-state index in [4.69, 9.17) is 0 Å². The maximum absolute atomic E-state index is 2.45. The molecule has 3 heteroatoms. The van der Waals surface area contributed by atoms with Crippen LogP contribution in [0.25, 0.3) is 96.8 Å². The maximum Gasteiger partial charge on any atom is 0.0703 e. The lowest BCUT2D eigenvalue weighted by Crippen LogP contribution is -2.04. The van der Waals surface area contributed by atoms with E-state index in [1.165, 1.54) is 74.4 Å². The van der Waals surface area contributed by atoms with Gasteiger partial charge in [0.2, 0.25) is 0 Å². The van der Waals surface area contributed by atoms with Gasteiger partial charge in [0, 0.05) is 43.9 Å². The fourth-order valence-electron chi connectivity index (χ4n) is 8.38. The summed E-state index contributed by atoms with van der Waals surface area (Å²) in [5.74, 6) is 0. The molecule has 0 bridgehead atoms. The number of hydrogen-bond acceptors (Lipinski definition) is 1. The third kappa shape index (κ3) is 4.71. The highest BCUT2D eigenvalue weighted by Gasteiger charge is 2.16. The first-order chi connectivity index (χ1) is 26.3. The summed E-state index contributed by atoms with van der Waals surface area (Å²) in [5, 5.41) is 12.5. The number of para-hydroxylation sites is 2. The van der Waals surface area contributed by atoms with E-state index in [1.807, 2.05) is 11.3 Å². The minimum atomic E-state index is 1.12. The molecule has 0 aliphatic carbocycles. The number of hydrogen-bond donors (Lipinski definition) is 0. The molecule has 0 amide bonds. The van der Waals surface area contributed by atoms with Gasteiger partial charge in [0.05, 0.1) is 11.0 Å². The Labute approximate surface area is 310 Å². The molecule has 0 aliphatic rings. The number of rotatable bonds is 3. The highest BCUT2D eigenvalue weighted by atomic mass is 32.1. The van der Waals surface area contributed by atoms with Crippen LogP contribution in [0.3, 0.4) is 0 Å². The van der Waals surface area contributed by atoms with Gasteiger partial charge in [0.1, 0.15) is 0 Å². The van der Waals surface area contributed by atoms with Gasteiger partial charge < -0.3 is 9.13 Å². The van der Waals surface area contributed by atoms with Crippen LogP contribution in [-0.2, 0) is 0 Å². The van der Waals surface area contributed by atoms with Gasteiger partial charge >= 0.3 is 0 Å². The minimum absolute atomic E-state index is 1.12. The van der Waals surface area contributed by atoms with Crippen molar-refractivity contribution in [2.45, 2.75) is 0 Å². The van der Waals surface area contributed by atoms with Gasteiger partial charge in [-0.25, -0.2) is 0 Å². The smallest absolute Gasteiger partial charge is 0.0703 e. The zero-order valence-corrected chi connectivity index (χ0v) is 29.6. The molecule has 0 N–H and O–H groups in total. The van der Waals surface area contributed by atoms with Crippen LogP contribution < -0.4 is 0 Å². The van der Waals surface area contributed by atoms with Crippen molar-refractivity contribution in [3.05, 3.63) is 194 Å². The first-order valence-corrected chi connectivity index (χ1v) is 18.9. The monoisotopic (exact) mass is 692 g/mol. The van der Waals surface area contributed by atoms with Crippen LogP contribution in [0.15, 0.2) is 194 Å². The van der Waals surface area contributed by atoms with E-state index in [1.54, 1.807) is 0 Å². The van der Waals surface area contributed by atoms with Gasteiger partial charge in [0.25, 0.3) is 0 Å². The molecule has 11 rings (SSSR count). The maximum atomic E-state index is 2.45. The van der Waals surface area contributed by atoms with E-state index in [2.05, 4.69) is 204 Å². The quantitative estimate of drug-likeness (QED) is 0.174. The molecule has 9 aromatic carbocycles. The Bertz CT molecular complexity index is 3270. The van der Waals surface area contributed by atoms with Gasteiger partial charge in [-0.15, -0.1) is 11.3 Å². The summed E-state index contributed by atoms with van der Waals surface area (Å²) in [6.45, 7) is 0. The first-order valence-electron chi connectivity index (χ1n) is 18.1. The van der Waals surface area contributed by atoms with Crippen molar-refractivity contribution in [2.75, 3.05) is 0 Å². The second-order valence-corrected chi connectivity index (χ2v) is 14.8. The van der Waals surface area contributed by atoms with Gasteiger partial charge in [-0.2, -0.15) is 0 Å². The number of nitrogens with zero attached hydrogens (tertiary/aromatic N) is 2. The number of benzene rings is 8. The van der Waals surface area contributed by atoms with Gasteiger partial charge in [-0.1, -0.05) is 133 Å². The van der Waals surface area contributed by atoms with Crippen molar-refractivity contribution in [2.24, 2.45) is 0 Å². The zero-order valence-electron chi connectivity index (χ0n) is 28.8. The number of fused-ring (bicyclic) bond motifs is 12. The molecule has 2 aromatic heterocycles. The lowest BCUT2D eigenvalue weighted by molar-refractivity contribution is 1.01. The Morgan fingerprint density at radius 1 is 0.321 bits per heavy atom. The third-order valence-corrected chi connectivity index (χ3v) is 12.0. The van der Waals surface area contributed by atoms with Crippen molar-refractivity contribution >= 4 is 85.6 Å². The first kappa shape index (κ1) is 30.0. The summed E-state index contributed by atoms with van der Waals surface area (Å²) in [6.07, 6.45) is 4.39. The molecule has 0 radical (unpaired) electrons. The van der Waals surface area contributed by atoms with Crippen molar-refractivity contribution in [1.82, 2.24) is 9.13 Å². The molecule has 2 heterocycles. The summed E-state index contributed by atoms with van der Waals surface area (Å²) in [7, 11) is 0. The van der Waals surface area contributed by atoms with Crippen molar-refractivity contribution < 1.29 is 0 Å². The highest BCUT2D eigenvalue weighted by molar-refractivity contribution is 7.26. The summed E-state index contributed by atoms with van der Waals surface area (Å²) < 4.78 is 7.30. The van der Waals surface area contributed by atoms with Crippen molar-refractivity contribution in [3.63, 3.8) is 0 Å². The SMILES string of the molecule is c1ccc(-n2ccn(-c3ccccc3)c3cc4c5cc(-c6cccc7c6sc6ccccc67)ccc5c5ccccc5c5ccccc5c4cc32)cc1. The topological polar surface area (TPSA) is 9.86 Å². The van der Waals surface area contributed by atoms with E-state index in [-0.39, 0.29) is 0 Å². The molecular weight excluding hydrogens is 661 g/mol. The van der Waals surface area contributed by atoms with E-state index in [0.29, 0.717) is 0 Å². The predicted octanol–water partition coefficient (Wildman–Crippen LogP) is 14.2. The summed E-state index contributed by atoms with van der Waals surface area (Å²) in [5.41, 5.74) is 7.02. The molecule has 11 aromatic rings. The molecule has 0 fully saturated rings. The Morgan fingerprint density at radius 2 is 0.774 bits per heavy atom. The largest absolute Gasteiger partial charge is 0.314 e. The van der Waals surface area contributed by atoms with Crippen LogP contribution in [-0.4, -0.2) is 9.13 Å². The normalized spacial score (nSPS) is 11.8. The average Bonchev–Trinajstić information content (AvgIpc) is 3.62. The molecular formula is C50H32N2S. The zero-order chi connectivity index (χ0) is 34.9. The minimum Gasteiger partial charge on any atom is -0.314 e. The van der Waals surface area contributed by atoms with Gasteiger partial charge in [-0.3, -0.25) is 0 Å². The van der Waals surface area contributed by atoms with Crippen LogP contribution in [0, 0.1) is 0 Å². The second kappa shape index (κ2) is 11.9. The second-order valence-electron chi connectivity index (χ2n) is 13.7.